The third kappa shape index (κ3) is 1.80. The van der Waals surface area contributed by atoms with E-state index in [2.05, 4.69) is 58.5 Å². The molecular weight excluding hydrogens is 298 g/mol. The first-order chi connectivity index (χ1) is 11.7. The first-order valence-corrected chi connectivity index (χ1v) is 8.43. The summed E-state index contributed by atoms with van der Waals surface area (Å²) in [7, 11) is 1.93. The van der Waals surface area contributed by atoms with Crippen molar-refractivity contribution in [2.24, 2.45) is 7.05 Å². The first kappa shape index (κ1) is 13.8. The minimum absolute atomic E-state index is 0.0689. The summed E-state index contributed by atoms with van der Waals surface area (Å²) in [5, 5.41) is 2.90. The minimum atomic E-state index is 0.0689. The molecule has 0 saturated carbocycles. The van der Waals surface area contributed by atoms with Crippen LogP contribution in [0.25, 0.3) is 11.1 Å². The van der Waals surface area contributed by atoms with Crippen LogP contribution >= 0.6 is 0 Å². The molecule has 0 spiro atoms. The minimum Gasteiger partial charge on any atom is -0.291 e. The van der Waals surface area contributed by atoms with Crippen LogP contribution in [0, 0.1) is 0 Å². The molecule has 0 saturated heterocycles. The second kappa shape index (κ2) is 4.95. The molecule has 1 aromatic heterocycles. The average Bonchev–Trinajstić information content (AvgIpc) is 3.09. The first-order valence-electron chi connectivity index (χ1n) is 8.43. The molecule has 0 atom stereocenters. The largest absolute Gasteiger partial charge is 0.291 e. The average molecular weight is 317 g/mol. The van der Waals surface area contributed by atoms with E-state index in [-0.39, 0.29) is 11.6 Å². The molecule has 4 heteroatoms. The molecule has 0 bridgehead atoms. The maximum atomic E-state index is 12.0. The molecule has 2 aliphatic rings. The summed E-state index contributed by atoms with van der Waals surface area (Å²) in [6.07, 6.45) is 0.812. The van der Waals surface area contributed by atoms with Gasteiger partial charge < -0.3 is 0 Å². The van der Waals surface area contributed by atoms with E-state index in [9.17, 15) is 4.79 Å². The van der Waals surface area contributed by atoms with Gasteiger partial charge in [0, 0.05) is 25.7 Å². The number of nitrogens with zero attached hydrogens (tertiary/aromatic N) is 2. The summed E-state index contributed by atoms with van der Waals surface area (Å²) in [6.45, 7) is 1.71. The van der Waals surface area contributed by atoms with E-state index in [0.717, 1.165) is 30.8 Å². The highest BCUT2D eigenvalue weighted by molar-refractivity contribution is 5.78. The van der Waals surface area contributed by atoms with Crippen molar-refractivity contribution in [1.29, 1.82) is 0 Å². The van der Waals surface area contributed by atoms with Crippen LogP contribution < -0.4 is 5.56 Å². The molecule has 0 unspecified atom stereocenters. The predicted molar refractivity (Wildman–Crippen MR) is 93.9 cm³/mol. The Labute approximate surface area is 140 Å². The van der Waals surface area contributed by atoms with E-state index in [1.165, 1.54) is 22.3 Å². The van der Waals surface area contributed by atoms with Crippen LogP contribution in [-0.4, -0.2) is 21.2 Å². The van der Waals surface area contributed by atoms with Gasteiger partial charge in [0.25, 0.3) is 5.56 Å². The number of aromatic nitrogens is 2. The summed E-state index contributed by atoms with van der Waals surface area (Å²) < 4.78 is 1.89. The van der Waals surface area contributed by atoms with Crippen molar-refractivity contribution in [1.82, 2.24) is 14.7 Å². The lowest BCUT2D eigenvalue weighted by Crippen LogP contribution is -2.35. The zero-order valence-electron chi connectivity index (χ0n) is 13.6. The van der Waals surface area contributed by atoms with Gasteiger partial charge in [0.2, 0.25) is 0 Å². The highest BCUT2D eigenvalue weighted by Gasteiger charge is 2.35. The third-order valence-electron chi connectivity index (χ3n) is 5.46. The van der Waals surface area contributed by atoms with Gasteiger partial charge in [-0.25, -0.2) is 0 Å². The Balaban J connectivity index is 1.63. The van der Waals surface area contributed by atoms with E-state index in [1.54, 1.807) is 0 Å². The second-order valence-electron chi connectivity index (χ2n) is 6.72. The fourth-order valence-electron chi connectivity index (χ4n) is 4.35. The molecule has 0 fully saturated rings. The summed E-state index contributed by atoms with van der Waals surface area (Å²) in [5.41, 5.74) is 7.57. The van der Waals surface area contributed by atoms with Crippen molar-refractivity contribution in [2.75, 3.05) is 6.54 Å². The lowest BCUT2D eigenvalue weighted by atomic mass is 9.99. The Hall–Kier alpha value is -2.59. The van der Waals surface area contributed by atoms with Gasteiger partial charge in [-0.05, 0) is 28.7 Å². The summed E-state index contributed by atoms with van der Waals surface area (Å²) in [4.78, 5) is 14.5. The Morgan fingerprint density at radius 3 is 2.29 bits per heavy atom. The fraction of sp³-hybridized carbons (Fsp3) is 0.250. The van der Waals surface area contributed by atoms with E-state index in [1.807, 2.05) is 11.7 Å². The monoisotopic (exact) mass is 317 g/mol. The van der Waals surface area contributed by atoms with Gasteiger partial charge in [-0.1, -0.05) is 48.5 Å². The number of hydrogen-bond donors (Lipinski definition) is 1. The van der Waals surface area contributed by atoms with Gasteiger partial charge in [-0.15, -0.1) is 0 Å². The van der Waals surface area contributed by atoms with Crippen LogP contribution in [0.2, 0.25) is 0 Å². The van der Waals surface area contributed by atoms with E-state index >= 15 is 0 Å². The molecule has 24 heavy (non-hydrogen) atoms. The lowest BCUT2D eigenvalue weighted by Gasteiger charge is -2.33. The Morgan fingerprint density at radius 1 is 1.00 bits per heavy atom. The number of hydrogen-bond acceptors (Lipinski definition) is 2. The summed E-state index contributed by atoms with van der Waals surface area (Å²) in [6, 6.07) is 17.7. The molecule has 1 aliphatic heterocycles. The SMILES string of the molecule is Cn1[nH]c(=O)c2c1CN(C1c3ccccc3-c3ccccc31)CC2. The Morgan fingerprint density at radius 2 is 1.62 bits per heavy atom. The maximum Gasteiger partial charge on any atom is 0.267 e. The van der Waals surface area contributed by atoms with Gasteiger partial charge in [0.1, 0.15) is 0 Å². The Bertz CT molecular complexity index is 953. The summed E-state index contributed by atoms with van der Waals surface area (Å²) >= 11 is 0. The van der Waals surface area contributed by atoms with E-state index in [4.69, 9.17) is 0 Å². The van der Waals surface area contributed by atoms with E-state index in [0.29, 0.717) is 0 Å². The smallest absolute Gasteiger partial charge is 0.267 e. The topological polar surface area (TPSA) is 41.0 Å². The second-order valence-corrected chi connectivity index (χ2v) is 6.72. The molecule has 2 heterocycles. The van der Waals surface area contributed by atoms with Crippen molar-refractivity contribution in [3.63, 3.8) is 0 Å². The third-order valence-corrected chi connectivity index (χ3v) is 5.46. The zero-order valence-corrected chi connectivity index (χ0v) is 13.6. The number of H-pyrrole nitrogens is 1. The molecule has 2 aromatic carbocycles. The van der Waals surface area contributed by atoms with Crippen LogP contribution in [0.4, 0.5) is 0 Å². The lowest BCUT2D eigenvalue weighted by molar-refractivity contribution is 0.203. The van der Waals surface area contributed by atoms with Gasteiger partial charge in [0.05, 0.1) is 11.7 Å². The highest BCUT2D eigenvalue weighted by Crippen LogP contribution is 2.47. The quantitative estimate of drug-likeness (QED) is 0.750. The van der Waals surface area contributed by atoms with Gasteiger partial charge in [0.15, 0.2) is 0 Å². The van der Waals surface area contributed by atoms with Crippen LogP contribution in [0.3, 0.4) is 0 Å². The molecule has 1 N–H and O–H groups in total. The van der Waals surface area contributed by atoms with Gasteiger partial charge in [-0.2, -0.15) is 0 Å². The zero-order chi connectivity index (χ0) is 16.3. The molecular formula is C20H19N3O. The van der Waals surface area contributed by atoms with Gasteiger partial charge in [-0.3, -0.25) is 19.5 Å². The molecule has 5 rings (SSSR count). The molecule has 0 amide bonds. The van der Waals surface area contributed by atoms with Crippen molar-refractivity contribution >= 4 is 0 Å². The number of benzene rings is 2. The molecule has 1 aliphatic carbocycles. The fourth-order valence-corrected chi connectivity index (χ4v) is 4.35. The molecule has 3 aromatic rings. The maximum absolute atomic E-state index is 12.0. The van der Waals surface area contributed by atoms with Crippen molar-refractivity contribution in [3.8, 4) is 11.1 Å². The number of rotatable bonds is 1. The number of nitrogens with one attached hydrogen (secondary N) is 1. The Kier molecular flexibility index (Phi) is 2.85. The van der Waals surface area contributed by atoms with Crippen LogP contribution in [0.5, 0.6) is 0 Å². The number of aromatic amines is 1. The van der Waals surface area contributed by atoms with Gasteiger partial charge >= 0.3 is 0 Å². The molecule has 120 valence electrons. The van der Waals surface area contributed by atoms with Crippen molar-refractivity contribution in [2.45, 2.75) is 19.0 Å². The van der Waals surface area contributed by atoms with Crippen LogP contribution in [-0.2, 0) is 20.0 Å². The summed E-state index contributed by atoms with van der Waals surface area (Å²) in [5.74, 6) is 0. The number of fused-ring (bicyclic) bond motifs is 4. The molecule has 0 radical (unpaired) electrons. The van der Waals surface area contributed by atoms with Crippen LogP contribution in [0.1, 0.15) is 28.4 Å². The van der Waals surface area contributed by atoms with Crippen molar-refractivity contribution < 1.29 is 0 Å². The highest BCUT2D eigenvalue weighted by atomic mass is 16.1. The van der Waals surface area contributed by atoms with Crippen LogP contribution in [0.15, 0.2) is 53.3 Å². The van der Waals surface area contributed by atoms with E-state index < -0.39 is 0 Å². The number of aryl methyl sites for hydroxylation is 1. The molecule has 4 nitrogen and oxygen atoms in total. The van der Waals surface area contributed by atoms with Crippen molar-refractivity contribution in [3.05, 3.63) is 81.3 Å². The standard InChI is InChI=1S/C20H19N3O/c1-22-18-12-23(11-10-17(18)20(24)21-22)19-15-8-4-2-6-13(15)14-7-3-5-9-16(14)19/h2-9,19H,10-12H2,1H3,(H,21,24). The normalized spacial score (nSPS) is 16.7. The predicted octanol–water partition coefficient (Wildman–Crippen LogP) is 2.84.